The summed E-state index contributed by atoms with van der Waals surface area (Å²) in [6, 6.07) is -0.160. The van der Waals surface area contributed by atoms with Gasteiger partial charge in [0.1, 0.15) is 0 Å². The Balaban J connectivity index is 2.28. The van der Waals surface area contributed by atoms with Crippen molar-refractivity contribution in [3.05, 3.63) is 0 Å². The number of carbonyl (C=O) groups excluding carboxylic acids is 1. The summed E-state index contributed by atoms with van der Waals surface area (Å²) >= 11 is 1.91. The van der Waals surface area contributed by atoms with Crippen molar-refractivity contribution in [1.82, 2.24) is 5.32 Å². The zero-order valence-corrected chi connectivity index (χ0v) is 11.2. The lowest BCUT2D eigenvalue weighted by Gasteiger charge is -2.27. The van der Waals surface area contributed by atoms with Crippen LogP contribution in [0, 0.1) is 5.92 Å². The molecule has 0 aromatic heterocycles. The lowest BCUT2D eigenvalue weighted by molar-refractivity contribution is -0.119. The number of hydrogen-bond acceptors (Lipinski definition) is 3. The summed E-state index contributed by atoms with van der Waals surface area (Å²) in [6.45, 7) is 5.13. The zero-order valence-electron chi connectivity index (χ0n) is 10.4. The summed E-state index contributed by atoms with van der Waals surface area (Å²) < 4.78 is 0. The van der Waals surface area contributed by atoms with Gasteiger partial charge in [-0.2, -0.15) is 11.8 Å². The van der Waals surface area contributed by atoms with Crippen molar-refractivity contribution in [2.75, 3.05) is 12.3 Å². The summed E-state index contributed by atoms with van der Waals surface area (Å²) in [5.74, 6) is 1.44. The van der Waals surface area contributed by atoms with Gasteiger partial charge in [-0.25, -0.2) is 0 Å². The second kappa shape index (κ2) is 7.17. The van der Waals surface area contributed by atoms with E-state index in [-0.39, 0.29) is 11.9 Å². The van der Waals surface area contributed by atoms with E-state index < -0.39 is 0 Å². The predicted octanol–water partition coefficient (Wildman–Crippen LogP) is 1.76. The molecule has 0 radical (unpaired) electrons. The van der Waals surface area contributed by atoms with Gasteiger partial charge in [0.2, 0.25) is 5.91 Å². The van der Waals surface area contributed by atoms with E-state index in [1.54, 1.807) is 0 Å². The van der Waals surface area contributed by atoms with E-state index in [1.807, 2.05) is 18.7 Å². The van der Waals surface area contributed by atoms with Gasteiger partial charge in [-0.05, 0) is 25.3 Å². The van der Waals surface area contributed by atoms with Crippen LogP contribution in [0.25, 0.3) is 0 Å². The van der Waals surface area contributed by atoms with Gasteiger partial charge in [-0.15, -0.1) is 0 Å². The Kier molecular flexibility index (Phi) is 6.21. The number of rotatable bonds is 6. The van der Waals surface area contributed by atoms with Crippen LogP contribution in [0.15, 0.2) is 0 Å². The first kappa shape index (κ1) is 13.8. The monoisotopic (exact) mass is 244 g/mol. The molecule has 16 heavy (non-hydrogen) atoms. The third-order valence-electron chi connectivity index (χ3n) is 3.18. The molecule has 3 atom stereocenters. The third kappa shape index (κ3) is 4.74. The van der Waals surface area contributed by atoms with Crippen LogP contribution in [0.2, 0.25) is 0 Å². The van der Waals surface area contributed by atoms with Crippen molar-refractivity contribution in [2.45, 2.75) is 50.8 Å². The van der Waals surface area contributed by atoms with Gasteiger partial charge >= 0.3 is 0 Å². The van der Waals surface area contributed by atoms with E-state index in [2.05, 4.69) is 12.2 Å². The molecule has 1 aliphatic rings. The number of primary amides is 1. The van der Waals surface area contributed by atoms with E-state index in [9.17, 15) is 4.79 Å². The van der Waals surface area contributed by atoms with Gasteiger partial charge < -0.3 is 11.1 Å². The highest BCUT2D eigenvalue weighted by atomic mass is 32.2. The second-order valence-corrected chi connectivity index (χ2v) is 6.07. The van der Waals surface area contributed by atoms with E-state index >= 15 is 0 Å². The van der Waals surface area contributed by atoms with Crippen LogP contribution >= 0.6 is 11.8 Å². The molecule has 3 N–H and O–H groups in total. The molecule has 1 fully saturated rings. The van der Waals surface area contributed by atoms with E-state index in [0.29, 0.717) is 0 Å². The molecule has 0 aliphatic heterocycles. The summed E-state index contributed by atoms with van der Waals surface area (Å²) in [4.78, 5) is 11.2. The predicted molar refractivity (Wildman–Crippen MR) is 70.5 cm³/mol. The van der Waals surface area contributed by atoms with Gasteiger partial charge in [-0.1, -0.05) is 26.7 Å². The number of amides is 1. The van der Waals surface area contributed by atoms with Gasteiger partial charge in [0.15, 0.2) is 0 Å². The normalized spacial score (nSPS) is 27.6. The molecule has 3 unspecified atom stereocenters. The maximum atomic E-state index is 11.2. The summed E-state index contributed by atoms with van der Waals surface area (Å²) in [5, 5.41) is 3.86. The molecule has 0 spiro atoms. The largest absolute Gasteiger partial charge is 0.368 e. The molecule has 1 rings (SSSR count). The first-order chi connectivity index (χ1) is 7.63. The molecule has 4 heteroatoms. The molecule has 1 saturated carbocycles. The smallest absolute Gasteiger partial charge is 0.235 e. The highest BCUT2D eigenvalue weighted by Crippen LogP contribution is 2.32. The maximum absolute atomic E-state index is 11.2. The Bertz CT molecular complexity index is 223. The Morgan fingerprint density at radius 3 is 2.88 bits per heavy atom. The third-order valence-corrected chi connectivity index (χ3v) is 4.61. The van der Waals surface area contributed by atoms with Crippen LogP contribution in [0.1, 0.15) is 39.5 Å². The fourth-order valence-corrected chi connectivity index (χ4v) is 3.79. The number of nitrogens with two attached hydrogens (primary N) is 1. The average molecular weight is 244 g/mol. The minimum absolute atomic E-state index is 0.160. The molecule has 3 nitrogen and oxygen atoms in total. The maximum Gasteiger partial charge on any atom is 0.235 e. The van der Waals surface area contributed by atoms with Crippen molar-refractivity contribution in [2.24, 2.45) is 11.7 Å². The Morgan fingerprint density at radius 2 is 2.31 bits per heavy atom. The van der Waals surface area contributed by atoms with Gasteiger partial charge in [0.05, 0.1) is 6.04 Å². The van der Waals surface area contributed by atoms with Crippen molar-refractivity contribution >= 4 is 17.7 Å². The molecule has 1 amide bonds. The van der Waals surface area contributed by atoms with Crippen LogP contribution in [0.5, 0.6) is 0 Å². The minimum atomic E-state index is -0.224. The van der Waals surface area contributed by atoms with Crippen LogP contribution < -0.4 is 11.1 Å². The van der Waals surface area contributed by atoms with Crippen LogP contribution in [-0.4, -0.2) is 29.5 Å². The van der Waals surface area contributed by atoms with Crippen molar-refractivity contribution in [3.8, 4) is 0 Å². The number of carbonyl (C=O) groups is 1. The van der Waals surface area contributed by atoms with E-state index in [4.69, 9.17) is 5.73 Å². The lowest BCUT2D eigenvalue weighted by Crippen LogP contribution is -2.43. The summed E-state index contributed by atoms with van der Waals surface area (Å²) in [5.41, 5.74) is 5.35. The van der Waals surface area contributed by atoms with Crippen LogP contribution in [-0.2, 0) is 4.79 Å². The lowest BCUT2D eigenvalue weighted by atomic mass is 9.91. The standard InChI is InChI=1S/C12H24N2OS/c1-3-14-11(12(13)15)8-16-10-6-4-5-9(2)7-10/h9-11,14H,3-8H2,1-2H3,(H2,13,15). The van der Waals surface area contributed by atoms with Crippen LogP contribution in [0.4, 0.5) is 0 Å². The number of likely N-dealkylation sites (N-methyl/N-ethyl adjacent to an activating group) is 1. The molecule has 0 aromatic rings. The zero-order chi connectivity index (χ0) is 12.0. The minimum Gasteiger partial charge on any atom is -0.368 e. The van der Waals surface area contributed by atoms with Crippen molar-refractivity contribution < 1.29 is 4.79 Å². The number of nitrogens with one attached hydrogen (secondary N) is 1. The van der Waals surface area contributed by atoms with E-state index in [1.165, 1.54) is 25.7 Å². The molecule has 0 aromatic carbocycles. The quantitative estimate of drug-likeness (QED) is 0.748. The molecular weight excluding hydrogens is 220 g/mol. The van der Waals surface area contributed by atoms with Gasteiger partial charge in [0, 0.05) is 11.0 Å². The Labute approximate surface area is 103 Å². The Hall–Kier alpha value is -0.220. The highest BCUT2D eigenvalue weighted by Gasteiger charge is 2.21. The molecule has 1 aliphatic carbocycles. The summed E-state index contributed by atoms with van der Waals surface area (Å²) in [6.07, 6.45) is 5.29. The Morgan fingerprint density at radius 1 is 1.56 bits per heavy atom. The average Bonchev–Trinajstić information content (AvgIpc) is 2.24. The second-order valence-electron chi connectivity index (χ2n) is 4.74. The topological polar surface area (TPSA) is 55.1 Å². The van der Waals surface area contributed by atoms with Crippen LogP contribution in [0.3, 0.4) is 0 Å². The number of hydrogen-bond donors (Lipinski definition) is 2. The van der Waals surface area contributed by atoms with Crippen molar-refractivity contribution in [1.29, 1.82) is 0 Å². The molecule has 0 bridgehead atoms. The first-order valence-electron chi connectivity index (χ1n) is 6.27. The molecule has 0 heterocycles. The number of thioether (sulfide) groups is 1. The SMILES string of the molecule is CCNC(CSC1CCCC(C)C1)C(N)=O. The summed E-state index contributed by atoms with van der Waals surface area (Å²) in [7, 11) is 0. The molecular formula is C12H24N2OS. The highest BCUT2D eigenvalue weighted by molar-refractivity contribution is 7.99. The van der Waals surface area contributed by atoms with Gasteiger partial charge in [0.25, 0.3) is 0 Å². The molecule has 0 saturated heterocycles. The fourth-order valence-electron chi connectivity index (χ4n) is 2.25. The first-order valence-corrected chi connectivity index (χ1v) is 7.32. The fraction of sp³-hybridized carbons (Fsp3) is 0.917. The van der Waals surface area contributed by atoms with E-state index in [0.717, 1.165) is 23.5 Å². The molecule has 94 valence electrons. The van der Waals surface area contributed by atoms with Crippen molar-refractivity contribution in [3.63, 3.8) is 0 Å². The van der Waals surface area contributed by atoms with Gasteiger partial charge in [-0.3, -0.25) is 4.79 Å².